The molecule has 5 N–H and O–H groups in total. The van der Waals surface area contributed by atoms with E-state index in [4.69, 9.17) is 0 Å². The van der Waals surface area contributed by atoms with E-state index in [2.05, 4.69) is 30.9 Å². The molecule has 0 aliphatic carbocycles. The van der Waals surface area contributed by atoms with Crippen molar-refractivity contribution in [1.82, 2.24) is 40.7 Å². The van der Waals surface area contributed by atoms with Gasteiger partial charge in [0.15, 0.2) is 0 Å². The van der Waals surface area contributed by atoms with Crippen molar-refractivity contribution < 1.29 is 29.1 Å². The number of para-hydroxylation sites is 1. The number of carbonyl (C=O) groups excluding carboxylic acids is 5. The molecule has 51 heavy (non-hydrogen) atoms. The zero-order valence-corrected chi connectivity index (χ0v) is 28.5. The molecule has 0 spiro atoms. The van der Waals surface area contributed by atoms with Crippen LogP contribution in [0.5, 0.6) is 0 Å². The monoisotopic (exact) mass is 694 g/mol. The van der Waals surface area contributed by atoms with Crippen molar-refractivity contribution in [3.8, 4) is 0 Å². The van der Waals surface area contributed by atoms with Gasteiger partial charge in [0.05, 0.1) is 18.2 Å². The average Bonchev–Trinajstić information content (AvgIpc) is 3.73. The first-order valence-electron chi connectivity index (χ1n) is 17.1. The molecule has 14 nitrogen and oxygen atoms in total. The number of benzene rings is 2. The Balaban J connectivity index is 1.34. The Labute approximate surface area is 295 Å². The van der Waals surface area contributed by atoms with E-state index in [1.165, 1.54) is 22.2 Å². The molecular weight excluding hydrogens is 652 g/mol. The summed E-state index contributed by atoms with van der Waals surface area (Å²) < 4.78 is 0. The first-order valence-corrected chi connectivity index (χ1v) is 17.1. The van der Waals surface area contributed by atoms with Crippen LogP contribution in [0.25, 0.3) is 10.9 Å². The summed E-state index contributed by atoms with van der Waals surface area (Å²) in [6, 6.07) is 13.5. The van der Waals surface area contributed by atoms with Gasteiger partial charge in [0.2, 0.25) is 23.6 Å². The quantitative estimate of drug-likeness (QED) is 0.198. The Kier molecular flexibility index (Phi) is 10.7. The Morgan fingerprint density at radius 1 is 0.922 bits per heavy atom. The van der Waals surface area contributed by atoms with Crippen molar-refractivity contribution in [3.05, 3.63) is 95.7 Å². The summed E-state index contributed by atoms with van der Waals surface area (Å²) in [5.74, 6) is -2.22. The van der Waals surface area contributed by atoms with Gasteiger partial charge in [-0.15, -0.1) is 0 Å². The van der Waals surface area contributed by atoms with Gasteiger partial charge >= 0.3 is 0 Å². The molecule has 2 aliphatic heterocycles. The lowest BCUT2D eigenvalue weighted by molar-refractivity contribution is -0.142. The van der Waals surface area contributed by atoms with E-state index in [1.54, 1.807) is 6.20 Å². The number of hydrogen-bond donors (Lipinski definition) is 5. The number of aromatic nitrogens is 3. The zero-order valence-electron chi connectivity index (χ0n) is 28.5. The zero-order chi connectivity index (χ0) is 36.1. The van der Waals surface area contributed by atoms with Crippen molar-refractivity contribution in [2.75, 3.05) is 26.2 Å². The van der Waals surface area contributed by atoms with Crippen LogP contribution in [-0.2, 0) is 32.0 Å². The maximum atomic E-state index is 14.4. The number of rotatable bonds is 6. The Morgan fingerprint density at radius 2 is 1.65 bits per heavy atom. The number of H-pyrrole nitrogens is 1. The second kappa shape index (κ2) is 15.5. The minimum Gasteiger partial charge on any atom is -0.391 e. The maximum Gasteiger partial charge on any atom is 0.257 e. The standard InChI is InChI=1S/C37H42N8O6/c1-22(2)33-40-18-25(19-41-33)36(50)44-13-12-38-34(48)29(14-23-8-4-3-5-9-23)43-35(49)31-16-26(46)20-45(31)37(51)30(42-32(47)21-44)15-24-17-39-28-11-7-6-10-27(24)28/h3-11,17-19,22,26,29-31,39,46H,12-16,20-21H2,1-2H3,(H,38,48)(H,42,47)(H,43,49)/t26-,29+,30-,31+/m1/s1. The van der Waals surface area contributed by atoms with Gasteiger partial charge in [-0.3, -0.25) is 24.0 Å². The molecular formula is C37H42N8O6. The number of aliphatic hydroxyl groups is 1. The molecule has 6 rings (SSSR count). The van der Waals surface area contributed by atoms with Crippen molar-refractivity contribution in [2.24, 2.45) is 0 Å². The molecule has 2 aromatic heterocycles. The Bertz CT molecular complexity index is 1900. The van der Waals surface area contributed by atoms with Gasteiger partial charge in [0, 0.05) is 74.3 Å². The van der Waals surface area contributed by atoms with Crippen LogP contribution in [0.2, 0.25) is 0 Å². The number of carbonyl (C=O) groups is 5. The third-order valence-electron chi connectivity index (χ3n) is 9.25. The summed E-state index contributed by atoms with van der Waals surface area (Å²) >= 11 is 0. The normalized spacial score (nSPS) is 22.2. The fourth-order valence-corrected chi connectivity index (χ4v) is 6.59. The van der Waals surface area contributed by atoms with Gasteiger partial charge in [0.25, 0.3) is 5.91 Å². The molecule has 4 aromatic rings. The molecule has 5 amide bonds. The minimum absolute atomic E-state index is 0.0318. The van der Waals surface area contributed by atoms with Crippen molar-refractivity contribution >= 4 is 40.4 Å². The Morgan fingerprint density at radius 3 is 2.39 bits per heavy atom. The minimum atomic E-state index is -1.15. The van der Waals surface area contributed by atoms with Crippen LogP contribution in [0.3, 0.4) is 0 Å². The first kappa shape index (κ1) is 35.2. The SMILES string of the molecule is CC(C)c1ncc(C(=O)N2CCNC(=O)[C@H](Cc3ccccc3)NC(=O)[C@@H]3C[C@@H](O)CN3C(=O)[C@@H](Cc3c[nH]c4ccccc34)NC(=O)C2)cn1. The number of aromatic amines is 1. The van der Waals surface area contributed by atoms with Crippen LogP contribution in [0, 0.1) is 0 Å². The van der Waals surface area contributed by atoms with Crippen LogP contribution in [0.4, 0.5) is 0 Å². The highest BCUT2D eigenvalue weighted by Crippen LogP contribution is 2.24. The van der Waals surface area contributed by atoms with Crippen LogP contribution < -0.4 is 16.0 Å². The van der Waals surface area contributed by atoms with Crippen LogP contribution >= 0.6 is 0 Å². The largest absolute Gasteiger partial charge is 0.391 e. The second-order valence-corrected chi connectivity index (χ2v) is 13.3. The topological polar surface area (TPSA) is 190 Å². The second-order valence-electron chi connectivity index (χ2n) is 13.3. The molecule has 0 saturated carbocycles. The molecule has 2 fully saturated rings. The lowest BCUT2D eigenvalue weighted by Crippen LogP contribution is -2.57. The van der Waals surface area contributed by atoms with Gasteiger partial charge in [0.1, 0.15) is 23.9 Å². The van der Waals surface area contributed by atoms with Crippen molar-refractivity contribution in [3.63, 3.8) is 0 Å². The molecule has 2 aliphatic rings. The van der Waals surface area contributed by atoms with Gasteiger partial charge in [-0.1, -0.05) is 62.4 Å². The number of nitrogens with one attached hydrogen (secondary N) is 4. The highest BCUT2D eigenvalue weighted by atomic mass is 16.3. The highest BCUT2D eigenvalue weighted by Gasteiger charge is 2.43. The molecule has 2 aromatic carbocycles. The van der Waals surface area contributed by atoms with Crippen LogP contribution in [0.15, 0.2) is 73.2 Å². The van der Waals surface area contributed by atoms with E-state index < -0.39 is 60.3 Å². The summed E-state index contributed by atoms with van der Waals surface area (Å²) in [6.07, 6.45) is 3.79. The molecule has 4 atom stereocenters. The van der Waals surface area contributed by atoms with E-state index in [-0.39, 0.29) is 50.4 Å². The van der Waals surface area contributed by atoms with Gasteiger partial charge < -0.3 is 35.8 Å². The predicted octanol–water partition coefficient (Wildman–Crippen LogP) is 1.07. The summed E-state index contributed by atoms with van der Waals surface area (Å²) in [5.41, 5.74) is 2.56. The smallest absolute Gasteiger partial charge is 0.257 e. The average molecular weight is 695 g/mol. The fraction of sp³-hybridized carbons (Fsp3) is 0.378. The summed E-state index contributed by atoms with van der Waals surface area (Å²) in [7, 11) is 0. The van der Waals surface area contributed by atoms with Gasteiger partial charge in [-0.05, 0) is 17.2 Å². The first-order chi connectivity index (χ1) is 24.6. The third kappa shape index (κ3) is 8.23. The number of amides is 5. The molecule has 0 radical (unpaired) electrons. The Hall–Kier alpha value is -5.63. The van der Waals surface area contributed by atoms with Crippen molar-refractivity contribution in [2.45, 2.75) is 63.3 Å². The molecule has 0 unspecified atom stereocenters. The molecule has 4 heterocycles. The number of aliphatic hydroxyl groups excluding tert-OH is 1. The summed E-state index contributed by atoms with van der Waals surface area (Å²) in [5, 5.41) is 20.0. The molecule has 266 valence electrons. The lowest BCUT2D eigenvalue weighted by Gasteiger charge is -2.30. The highest BCUT2D eigenvalue weighted by molar-refractivity contribution is 5.98. The molecule has 0 bridgehead atoms. The molecule has 14 heteroatoms. The van der Waals surface area contributed by atoms with E-state index in [1.807, 2.05) is 68.4 Å². The number of hydrogen-bond acceptors (Lipinski definition) is 8. The van der Waals surface area contributed by atoms with Gasteiger partial charge in [-0.2, -0.15) is 0 Å². The lowest BCUT2D eigenvalue weighted by atomic mass is 10.0. The van der Waals surface area contributed by atoms with E-state index in [9.17, 15) is 29.1 Å². The third-order valence-corrected chi connectivity index (χ3v) is 9.25. The van der Waals surface area contributed by atoms with Gasteiger partial charge in [-0.25, -0.2) is 9.97 Å². The maximum absolute atomic E-state index is 14.4. The number of nitrogens with zero attached hydrogens (tertiary/aromatic N) is 4. The van der Waals surface area contributed by atoms with E-state index in [0.29, 0.717) is 5.82 Å². The fourth-order valence-electron chi connectivity index (χ4n) is 6.59. The summed E-state index contributed by atoms with van der Waals surface area (Å²) in [6.45, 7) is 3.20. The van der Waals surface area contributed by atoms with E-state index >= 15 is 0 Å². The van der Waals surface area contributed by atoms with E-state index in [0.717, 1.165) is 22.0 Å². The van der Waals surface area contributed by atoms with Crippen LogP contribution in [0.1, 0.15) is 53.5 Å². The van der Waals surface area contributed by atoms with Crippen molar-refractivity contribution in [1.29, 1.82) is 0 Å². The summed E-state index contributed by atoms with van der Waals surface area (Å²) in [4.78, 5) is 83.7. The predicted molar refractivity (Wildman–Crippen MR) is 187 cm³/mol. The van der Waals surface area contributed by atoms with Crippen LogP contribution in [-0.4, -0.2) is 110 Å². The molecule has 2 saturated heterocycles. The number of fused-ring (bicyclic) bond motifs is 2.